The molecule has 0 radical (unpaired) electrons. The average Bonchev–Trinajstić information content (AvgIpc) is 2.56. The molecule has 1 fully saturated rings. The van der Waals surface area contributed by atoms with Crippen LogP contribution >= 0.6 is 0 Å². The van der Waals surface area contributed by atoms with Crippen LogP contribution in [0.1, 0.15) is 25.7 Å². The van der Waals surface area contributed by atoms with Gasteiger partial charge in [-0.25, -0.2) is 5.01 Å². The summed E-state index contributed by atoms with van der Waals surface area (Å²) in [6.45, 7) is 4.28. The van der Waals surface area contributed by atoms with Crippen LogP contribution in [0.3, 0.4) is 0 Å². The number of likely N-dealkylation sites (N-methyl/N-ethyl adjacent to an activating group) is 1. The first kappa shape index (κ1) is 18.7. The fraction of sp³-hybridized carbons (Fsp3) is 0.889. The van der Waals surface area contributed by atoms with Gasteiger partial charge in [-0.2, -0.15) is 0 Å². The Kier molecular flexibility index (Phi) is 6.89. The maximum Gasteiger partial charge on any atom is 0.0689 e. The Morgan fingerprint density at radius 1 is 1.00 bits per heavy atom. The molecule has 2 rings (SSSR count). The van der Waals surface area contributed by atoms with Crippen molar-refractivity contribution >= 4 is 0 Å². The van der Waals surface area contributed by atoms with E-state index < -0.39 is 0 Å². The van der Waals surface area contributed by atoms with Crippen molar-refractivity contribution in [2.24, 2.45) is 11.8 Å². The number of hydrazine groups is 1. The van der Waals surface area contributed by atoms with Gasteiger partial charge in [0.15, 0.2) is 0 Å². The fourth-order valence-corrected chi connectivity index (χ4v) is 4.19. The molecule has 0 aromatic carbocycles. The van der Waals surface area contributed by atoms with E-state index in [0.717, 1.165) is 25.7 Å². The van der Waals surface area contributed by atoms with Crippen molar-refractivity contribution in [3.63, 3.8) is 0 Å². The lowest BCUT2D eigenvalue weighted by Gasteiger charge is -2.34. The Morgan fingerprint density at radius 3 is 2.35 bits per heavy atom. The lowest BCUT2D eigenvalue weighted by Crippen LogP contribution is -2.47. The Morgan fingerprint density at radius 2 is 1.74 bits per heavy atom. The molecule has 1 heterocycles. The summed E-state index contributed by atoms with van der Waals surface area (Å²) in [5.74, 6) is 1.47. The molecular formula is C18H37N5. The Bertz CT molecular complexity index is 402. The highest BCUT2D eigenvalue weighted by Gasteiger charge is 2.34. The number of rotatable bonds is 6. The predicted molar refractivity (Wildman–Crippen MR) is 98.0 cm³/mol. The number of nitrogens with zero attached hydrogens (tertiary/aromatic N) is 4. The van der Waals surface area contributed by atoms with Crippen LogP contribution in [0.15, 0.2) is 11.3 Å². The zero-order valence-electron chi connectivity index (χ0n) is 16.1. The lowest BCUT2D eigenvalue weighted by atomic mass is 9.75. The molecule has 5 nitrogen and oxygen atoms in total. The Hall–Kier alpha value is -0.620. The molecule has 2 unspecified atom stereocenters. The van der Waals surface area contributed by atoms with E-state index in [1.54, 1.807) is 5.57 Å². The standard InChI is InChI=1S/C18H37N5/c1-20(2)11-15-12-23(14-22(5)6)19-18(13-21(3)4)17-10-8-7-9-16(15)17/h15-16,19H,7-14H2,1-6H3. The summed E-state index contributed by atoms with van der Waals surface area (Å²) in [5, 5.41) is 2.43. The summed E-state index contributed by atoms with van der Waals surface area (Å²) in [6.07, 6.45) is 5.39. The van der Waals surface area contributed by atoms with Gasteiger partial charge in [0.25, 0.3) is 0 Å². The molecule has 134 valence electrons. The highest BCUT2D eigenvalue weighted by molar-refractivity contribution is 5.21. The van der Waals surface area contributed by atoms with Crippen LogP contribution in [0.2, 0.25) is 0 Å². The van der Waals surface area contributed by atoms with Crippen LogP contribution in [-0.4, -0.2) is 88.3 Å². The third-order valence-electron chi connectivity index (χ3n) is 4.89. The summed E-state index contributed by atoms with van der Waals surface area (Å²) in [7, 11) is 13.1. The van der Waals surface area contributed by atoms with E-state index in [4.69, 9.17) is 0 Å². The molecule has 1 N–H and O–H groups in total. The fourth-order valence-electron chi connectivity index (χ4n) is 4.19. The second-order valence-electron chi connectivity index (χ2n) is 8.17. The van der Waals surface area contributed by atoms with Crippen molar-refractivity contribution in [3.8, 4) is 0 Å². The van der Waals surface area contributed by atoms with Crippen molar-refractivity contribution in [3.05, 3.63) is 11.3 Å². The maximum atomic E-state index is 3.79. The van der Waals surface area contributed by atoms with Gasteiger partial charge in [-0.05, 0) is 79.0 Å². The number of fused-ring (bicyclic) bond motifs is 1. The topological polar surface area (TPSA) is 25.0 Å². The van der Waals surface area contributed by atoms with E-state index in [2.05, 4.69) is 67.4 Å². The third-order valence-corrected chi connectivity index (χ3v) is 4.89. The zero-order valence-corrected chi connectivity index (χ0v) is 16.1. The van der Waals surface area contributed by atoms with Gasteiger partial charge in [0, 0.05) is 25.3 Å². The largest absolute Gasteiger partial charge is 0.320 e. The van der Waals surface area contributed by atoms with Gasteiger partial charge in [0.1, 0.15) is 0 Å². The summed E-state index contributed by atoms with van der Waals surface area (Å²) in [6, 6.07) is 0. The molecule has 2 atom stereocenters. The van der Waals surface area contributed by atoms with Gasteiger partial charge < -0.3 is 15.2 Å². The highest BCUT2D eigenvalue weighted by atomic mass is 15.6. The first-order chi connectivity index (χ1) is 10.9. The van der Waals surface area contributed by atoms with E-state index in [1.165, 1.54) is 37.9 Å². The summed E-state index contributed by atoms with van der Waals surface area (Å²) < 4.78 is 0. The van der Waals surface area contributed by atoms with Gasteiger partial charge in [-0.3, -0.25) is 4.90 Å². The number of hydrogen-bond acceptors (Lipinski definition) is 5. The number of allylic oxidation sites excluding steroid dienone is 1. The molecule has 0 spiro atoms. The van der Waals surface area contributed by atoms with Crippen molar-refractivity contribution in [1.29, 1.82) is 0 Å². The Balaban J connectivity index is 2.29. The van der Waals surface area contributed by atoms with Gasteiger partial charge >= 0.3 is 0 Å². The first-order valence-electron chi connectivity index (χ1n) is 9.04. The average molecular weight is 324 g/mol. The number of nitrogens with one attached hydrogen (secondary N) is 1. The molecule has 5 heteroatoms. The smallest absolute Gasteiger partial charge is 0.0689 e. The monoisotopic (exact) mass is 323 g/mol. The first-order valence-corrected chi connectivity index (χ1v) is 9.04. The van der Waals surface area contributed by atoms with Crippen molar-refractivity contribution in [2.45, 2.75) is 25.7 Å². The minimum Gasteiger partial charge on any atom is -0.320 e. The Labute approximate surface area is 143 Å². The third kappa shape index (κ3) is 5.45. The normalized spacial score (nSPS) is 26.7. The maximum absolute atomic E-state index is 3.79. The lowest BCUT2D eigenvalue weighted by molar-refractivity contribution is 0.0944. The molecule has 0 saturated heterocycles. The molecule has 0 bridgehead atoms. The molecule has 1 aliphatic carbocycles. The zero-order chi connectivity index (χ0) is 17.0. The molecule has 0 aromatic rings. The van der Waals surface area contributed by atoms with E-state index in [0.29, 0.717) is 5.92 Å². The van der Waals surface area contributed by atoms with Gasteiger partial charge in [0.05, 0.1) is 6.67 Å². The molecule has 1 saturated carbocycles. The van der Waals surface area contributed by atoms with Crippen LogP contribution in [0, 0.1) is 11.8 Å². The summed E-state index contributed by atoms with van der Waals surface area (Å²) >= 11 is 0. The molecular weight excluding hydrogens is 286 g/mol. The van der Waals surface area contributed by atoms with Crippen molar-refractivity contribution < 1.29 is 0 Å². The van der Waals surface area contributed by atoms with E-state index in [9.17, 15) is 0 Å². The van der Waals surface area contributed by atoms with Gasteiger partial charge in [0.2, 0.25) is 0 Å². The van der Waals surface area contributed by atoms with Crippen molar-refractivity contribution in [2.75, 3.05) is 68.6 Å². The molecule has 1 aliphatic heterocycles. The van der Waals surface area contributed by atoms with Crippen LogP contribution in [-0.2, 0) is 0 Å². The van der Waals surface area contributed by atoms with E-state index in [-0.39, 0.29) is 0 Å². The number of hydrogen-bond donors (Lipinski definition) is 1. The summed E-state index contributed by atoms with van der Waals surface area (Å²) in [5.41, 5.74) is 6.96. The van der Waals surface area contributed by atoms with Crippen LogP contribution < -0.4 is 5.43 Å². The van der Waals surface area contributed by atoms with Crippen LogP contribution in [0.5, 0.6) is 0 Å². The van der Waals surface area contributed by atoms with Crippen LogP contribution in [0.4, 0.5) is 0 Å². The SMILES string of the molecule is CN(C)CC1=C2CCCCC2C(CN(C)C)CN(CN(C)C)N1. The highest BCUT2D eigenvalue weighted by Crippen LogP contribution is 2.38. The predicted octanol–water partition coefficient (Wildman–Crippen LogP) is 1.51. The van der Waals surface area contributed by atoms with E-state index in [1.807, 2.05) is 0 Å². The van der Waals surface area contributed by atoms with Gasteiger partial charge in [-0.1, -0.05) is 6.42 Å². The quantitative estimate of drug-likeness (QED) is 0.799. The minimum absolute atomic E-state index is 0.715. The minimum atomic E-state index is 0.715. The molecule has 2 aliphatic rings. The van der Waals surface area contributed by atoms with Crippen LogP contribution in [0.25, 0.3) is 0 Å². The molecule has 0 aromatic heterocycles. The van der Waals surface area contributed by atoms with Crippen molar-refractivity contribution in [1.82, 2.24) is 25.1 Å². The van der Waals surface area contributed by atoms with Gasteiger partial charge in [-0.15, -0.1) is 0 Å². The second kappa shape index (κ2) is 8.47. The molecule has 23 heavy (non-hydrogen) atoms. The van der Waals surface area contributed by atoms with E-state index >= 15 is 0 Å². The molecule has 0 amide bonds. The summed E-state index contributed by atoms with van der Waals surface area (Å²) in [4.78, 5) is 6.91. The second-order valence-corrected chi connectivity index (χ2v) is 8.17.